The van der Waals surface area contributed by atoms with Crippen molar-refractivity contribution in [2.45, 2.75) is 25.7 Å². The van der Waals surface area contributed by atoms with Crippen LogP contribution in [0.25, 0.3) is 0 Å². The number of rotatable bonds is 0. The van der Waals surface area contributed by atoms with Gasteiger partial charge in [0.1, 0.15) is 0 Å². The van der Waals surface area contributed by atoms with Crippen LogP contribution in [0.3, 0.4) is 0 Å². The molecule has 0 aromatic rings. The molecule has 0 radical (unpaired) electrons. The molecule has 48 valence electrons. The smallest absolute Gasteiger partial charge is 0.0658 e. The molecule has 1 nitrogen and oxygen atoms in total. The Morgan fingerprint density at radius 3 is 2.44 bits per heavy atom. The minimum absolute atomic E-state index is 0.434. The second kappa shape index (κ2) is 1.73. The van der Waals surface area contributed by atoms with Crippen molar-refractivity contribution in [1.82, 2.24) is 0 Å². The minimum atomic E-state index is 0.434. The van der Waals surface area contributed by atoms with E-state index in [1.807, 2.05) is 0 Å². The summed E-state index contributed by atoms with van der Waals surface area (Å²) in [5, 5.41) is 8.64. The summed E-state index contributed by atoms with van der Waals surface area (Å²) in [5.74, 6) is 2.16. The van der Waals surface area contributed by atoms with E-state index in [1.165, 1.54) is 25.7 Å². The quantitative estimate of drug-likeness (QED) is 0.480. The van der Waals surface area contributed by atoms with E-state index in [0.717, 1.165) is 11.8 Å². The maximum atomic E-state index is 8.64. The van der Waals surface area contributed by atoms with Crippen molar-refractivity contribution in [1.29, 1.82) is 5.26 Å². The van der Waals surface area contributed by atoms with Crippen LogP contribution in [0.1, 0.15) is 25.7 Å². The molecule has 3 atom stereocenters. The van der Waals surface area contributed by atoms with E-state index in [-0.39, 0.29) is 0 Å². The van der Waals surface area contributed by atoms with Gasteiger partial charge in [0.05, 0.1) is 6.07 Å². The van der Waals surface area contributed by atoms with Crippen LogP contribution in [0.4, 0.5) is 0 Å². The van der Waals surface area contributed by atoms with Crippen molar-refractivity contribution in [3.63, 3.8) is 0 Å². The second-order valence-electron chi connectivity index (χ2n) is 3.41. The maximum absolute atomic E-state index is 8.64. The topological polar surface area (TPSA) is 23.8 Å². The fraction of sp³-hybridized carbons (Fsp3) is 0.875. The highest BCUT2D eigenvalue weighted by Gasteiger charge is 2.39. The van der Waals surface area contributed by atoms with Crippen LogP contribution in [0.5, 0.6) is 0 Å². The van der Waals surface area contributed by atoms with E-state index in [0.29, 0.717) is 5.92 Å². The molecule has 0 aliphatic heterocycles. The van der Waals surface area contributed by atoms with E-state index in [9.17, 15) is 0 Å². The first-order valence-corrected chi connectivity index (χ1v) is 3.80. The standard InChI is InChI=1S/C8H11N/c9-5-8-4-6-1-2-7(8)3-6/h6-8H,1-4H2/t6?,7?,8-/m0/s1. The Hall–Kier alpha value is -0.510. The third kappa shape index (κ3) is 0.660. The van der Waals surface area contributed by atoms with Gasteiger partial charge in [-0.3, -0.25) is 0 Å². The molecule has 0 aromatic carbocycles. The lowest BCUT2D eigenvalue weighted by atomic mass is 9.90. The van der Waals surface area contributed by atoms with E-state index in [4.69, 9.17) is 5.26 Å². The average molecular weight is 121 g/mol. The Morgan fingerprint density at radius 1 is 1.22 bits per heavy atom. The highest BCUT2D eigenvalue weighted by atomic mass is 14.4. The molecule has 2 bridgehead atoms. The predicted molar refractivity (Wildman–Crippen MR) is 34.6 cm³/mol. The first-order valence-electron chi connectivity index (χ1n) is 3.80. The van der Waals surface area contributed by atoms with Gasteiger partial charge in [-0.05, 0) is 31.1 Å². The zero-order valence-electron chi connectivity index (χ0n) is 5.51. The van der Waals surface area contributed by atoms with E-state index < -0.39 is 0 Å². The van der Waals surface area contributed by atoms with Gasteiger partial charge in [-0.15, -0.1) is 0 Å². The second-order valence-corrected chi connectivity index (χ2v) is 3.41. The van der Waals surface area contributed by atoms with Crippen LogP contribution in [0, 0.1) is 29.1 Å². The third-order valence-electron chi connectivity index (χ3n) is 2.90. The van der Waals surface area contributed by atoms with Crippen molar-refractivity contribution in [3.8, 4) is 6.07 Å². The van der Waals surface area contributed by atoms with Gasteiger partial charge in [-0.25, -0.2) is 0 Å². The fourth-order valence-electron chi connectivity index (χ4n) is 2.40. The Labute approximate surface area is 55.7 Å². The summed E-state index contributed by atoms with van der Waals surface area (Å²) < 4.78 is 0. The Kier molecular flexibility index (Phi) is 1.02. The zero-order chi connectivity index (χ0) is 6.27. The summed E-state index contributed by atoms with van der Waals surface area (Å²) in [4.78, 5) is 0. The molecule has 0 N–H and O–H groups in total. The third-order valence-corrected chi connectivity index (χ3v) is 2.90. The molecule has 0 heterocycles. The normalized spacial score (nSPS) is 47.2. The van der Waals surface area contributed by atoms with Crippen LogP contribution >= 0.6 is 0 Å². The lowest BCUT2D eigenvalue weighted by Gasteiger charge is -2.12. The van der Waals surface area contributed by atoms with Gasteiger partial charge in [-0.2, -0.15) is 5.26 Å². The Bertz CT molecular complexity index is 156. The molecule has 2 rings (SSSR count). The molecule has 9 heavy (non-hydrogen) atoms. The summed E-state index contributed by atoms with van der Waals surface area (Å²) in [7, 11) is 0. The number of nitrogens with zero attached hydrogens (tertiary/aromatic N) is 1. The molecule has 1 heteroatoms. The van der Waals surface area contributed by atoms with E-state index in [2.05, 4.69) is 6.07 Å². The summed E-state index contributed by atoms with van der Waals surface area (Å²) in [6.45, 7) is 0. The first kappa shape index (κ1) is 5.29. The van der Waals surface area contributed by atoms with Gasteiger partial charge in [0.2, 0.25) is 0 Å². The van der Waals surface area contributed by atoms with Gasteiger partial charge < -0.3 is 0 Å². The number of nitriles is 1. The molecular weight excluding hydrogens is 110 g/mol. The molecule has 2 fully saturated rings. The van der Waals surface area contributed by atoms with E-state index >= 15 is 0 Å². The first-order chi connectivity index (χ1) is 4.40. The van der Waals surface area contributed by atoms with Gasteiger partial charge >= 0.3 is 0 Å². The predicted octanol–water partition coefficient (Wildman–Crippen LogP) is 1.95. The van der Waals surface area contributed by atoms with Crippen LogP contribution in [0.15, 0.2) is 0 Å². The summed E-state index contributed by atoms with van der Waals surface area (Å²) in [5.41, 5.74) is 0. The van der Waals surface area contributed by atoms with Crippen LogP contribution in [0.2, 0.25) is 0 Å². The zero-order valence-corrected chi connectivity index (χ0v) is 5.51. The lowest BCUT2D eigenvalue weighted by Crippen LogP contribution is -2.06. The van der Waals surface area contributed by atoms with Gasteiger partial charge in [0.15, 0.2) is 0 Å². The fourth-order valence-corrected chi connectivity index (χ4v) is 2.40. The maximum Gasteiger partial charge on any atom is 0.0658 e. The Balaban J connectivity index is 2.12. The SMILES string of the molecule is N#C[C@@H]1CC2CCC1C2. The molecule has 2 aliphatic rings. The lowest BCUT2D eigenvalue weighted by molar-refractivity contribution is 0.402. The number of fused-ring (bicyclic) bond motifs is 2. The van der Waals surface area contributed by atoms with Crippen molar-refractivity contribution in [3.05, 3.63) is 0 Å². The van der Waals surface area contributed by atoms with Crippen molar-refractivity contribution in [2.75, 3.05) is 0 Å². The van der Waals surface area contributed by atoms with Gasteiger partial charge in [0.25, 0.3) is 0 Å². The number of hydrogen-bond donors (Lipinski definition) is 0. The van der Waals surface area contributed by atoms with Crippen LogP contribution in [-0.4, -0.2) is 0 Å². The van der Waals surface area contributed by atoms with Crippen molar-refractivity contribution >= 4 is 0 Å². The van der Waals surface area contributed by atoms with Crippen molar-refractivity contribution in [2.24, 2.45) is 17.8 Å². The van der Waals surface area contributed by atoms with Crippen LogP contribution < -0.4 is 0 Å². The summed E-state index contributed by atoms with van der Waals surface area (Å²) >= 11 is 0. The van der Waals surface area contributed by atoms with Gasteiger partial charge in [-0.1, -0.05) is 6.42 Å². The molecule has 0 saturated heterocycles. The summed E-state index contributed by atoms with van der Waals surface area (Å²) in [6, 6.07) is 2.40. The molecule has 0 spiro atoms. The van der Waals surface area contributed by atoms with Gasteiger partial charge in [0, 0.05) is 5.92 Å². The molecular formula is C8H11N. The molecule has 0 aromatic heterocycles. The average Bonchev–Trinajstić information content (AvgIpc) is 2.45. The minimum Gasteiger partial charge on any atom is -0.198 e. The van der Waals surface area contributed by atoms with Crippen molar-refractivity contribution < 1.29 is 0 Å². The van der Waals surface area contributed by atoms with Crippen LogP contribution in [-0.2, 0) is 0 Å². The molecule has 2 aliphatic carbocycles. The number of hydrogen-bond acceptors (Lipinski definition) is 1. The Morgan fingerprint density at radius 2 is 2.11 bits per heavy atom. The highest BCUT2D eigenvalue weighted by molar-refractivity contribution is 4.99. The molecule has 2 saturated carbocycles. The molecule has 2 unspecified atom stereocenters. The monoisotopic (exact) mass is 121 g/mol. The highest BCUT2D eigenvalue weighted by Crippen LogP contribution is 2.47. The molecule has 0 amide bonds. The largest absolute Gasteiger partial charge is 0.198 e. The summed E-state index contributed by atoms with van der Waals surface area (Å²) in [6.07, 6.45) is 5.31. The van der Waals surface area contributed by atoms with E-state index in [1.54, 1.807) is 0 Å².